The number of para-hydroxylation sites is 1. The molecule has 2 aromatic heterocycles. The van der Waals surface area contributed by atoms with Crippen LogP contribution >= 0.6 is 0 Å². The van der Waals surface area contributed by atoms with E-state index >= 15 is 0 Å². The smallest absolute Gasteiger partial charge is 0.175 e. The van der Waals surface area contributed by atoms with Crippen LogP contribution in [0.2, 0.25) is 0 Å². The van der Waals surface area contributed by atoms with Gasteiger partial charge in [0.2, 0.25) is 0 Å². The average Bonchev–Trinajstić information content (AvgIpc) is 2.47. The molecule has 0 saturated carbocycles. The van der Waals surface area contributed by atoms with Crippen LogP contribution < -0.4 is 5.49 Å². The van der Waals surface area contributed by atoms with Gasteiger partial charge < -0.3 is 4.98 Å². The van der Waals surface area contributed by atoms with E-state index in [0.717, 1.165) is 16.6 Å². The van der Waals surface area contributed by atoms with E-state index in [1.807, 2.05) is 36.4 Å². The van der Waals surface area contributed by atoms with Crippen molar-refractivity contribution in [2.24, 2.45) is 4.99 Å². The van der Waals surface area contributed by atoms with E-state index in [1.165, 1.54) is 6.92 Å². The fourth-order valence-corrected chi connectivity index (χ4v) is 1.99. The maximum absolute atomic E-state index is 11.3. The second kappa shape index (κ2) is 5.09. The lowest BCUT2D eigenvalue weighted by Crippen LogP contribution is -2.10. The number of ketones is 1. The molecule has 98 valence electrons. The molecule has 1 aromatic carbocycles. The van der Waals surface area contributed by atoms with Crippen molar-refractivity contribution >= 4 is 22.4 Å². The number of pyridine rings is 2. The Kier molecular flexibility index (Phi) is 3.13. The molecule has 20 heavy (non-hydrogen) atoms. The molecule has 0 spiro atoms. The zero-order chi connectivity index (χ0) is 13.9. The van der Waals surface area contributed by atoms with Crippen molar-refractivity contribution < 1.29 is 4.79 Å². The molecule has 3 rings (SSSR count). The first kappa shape index (κ1) is 12.3. The highest BCUT2D eigenvalue weighted by Crippen LogP contribution is 2.17. The van der Waals surface area contributed by atoms with Crippen molar-refractivity contribution in [3.63, 3.8) is 0 Å². The van der Waals surface area contributed by atoms with Gasteiger partial charge in [-0.15, -0.1) is 0 Å². The van der Waals surface area contributed by atoms with Crippen molar-refractivity contribution in [1.82, 2.24) is 9.97 Å². The predicted molar refractivity (Wildman–Crippen MR) is 77.8 cm³/mol. The van der Waals surface area contributed by atoms with Crippen LogP contribution in [0, 0.1) is 0 Å². The molecule has 0 atom stereocenters. The molecule has 0 radical (unpaired) electrons. The van der Waals surface area contributed by atoms with Crippen molar-refractivity contribution in [3.8, 4) is 0 Å². The number of H-pyrrole nitrogens is 1. The van der Waals surface area contributed by atoms with Gasteiger partial charge in [0.05, 0.1) is 23.1 Å². The van der Waals surface area contributed by atoms with Crippen LogP contribution in [0.4, 0.5) is 5.69 Å². The van der Waals surface area contributed by atoms with Gasteiger partial charge in [-0.2, -0.15) is 0 Å². The zero-order valence-electron chi connectivity index (χ0n) is 11.0. The van der Waals surface area contributed by atoms with Crippen LogP contribution in [0.25, 0.3) is 10.9 Å². The fraction of sp³-hybridized carbons (Fsp3) is 0.0625. The SMILES string of the molecule is CC(=O)c1ccc/c(=N/c2cnc3ccccc3c2)[nH]1. The molecule has 3 aromatic rings. The maximum atomic E-state index is 11.3. The van der Waals surface area contributed by atoms with Gasteiger partial charge in [0.25, 0.3) is 0 Å². The normalized spacial score (nSPS) is 11.8. The summed E-state index contributed by atoms with van der Waals surface area (Å²) in [5.41, 5.74) is 2.86. The van der Waals surface area contributed by atoms with Crippen LogP contribution in [-0.4, -0.2) is 15.8 Å². The van der Waals surface area contributed by atoms with Crippen LogP contribution in [0.3, 0.4) is 0 Å². The van der Waals surface area contributed by atoms with Gasteiger partial charge in [-0.1, -0.05) is 24.3 Å². The molecule has 0 aliphatic carbocycles. The van der Waals surface area contributed by atoms with Gasteiger partial charge in [-0.3, -0.25) is 9.78 Å². The van der Waals surface area contributed by atoms with Crippen molar-refractivity contribution in [3.05, 3.63) is 65.9 Å². The van der Waals surface area contributed by atoms with Gasteiger partial charge in [0.15, 0.2) is 5.78 Å². The zero-order valence-corrected chi connectivity index (χ0v) is 11.0. The highest BCUT2D eigenvalue weighted by molar-refractivity contribution is 5.91. The summed E-state index contributed by atoms with van der Waals surface area (Å²) in [6.45, 7) is 1.52. The predicted octanol–water partition coefficient (Wildman–Crippen LogP) is 3.00. The molecular formula is C16H13N3O. The molecule has 0 unspecified atom stereocenters. The van der Waals surface area contributed by atoms with Gasteiger partial charge in [0.1, 0.15) is 5.49 Å². The number of carbonyl (C=O) groups is 1. The number of rotatable bonds is 2. The lowest BCUT2D eigenvalue weighted by atomic mass is 10.2. The maximum Gasteiger partial charge on any atom is 0.175 e. The van der Waals surface area contributed by atoms with Crippen LogP contribution in [0.5, 0.6) is 0 Å². The van der Waals surface area contributed by atoms with Gasteiger partial charge >= 0.3 is 0 Å². The first-order chi connectivity index (χ1) is 9.72. The summed E-state index contributed by atoms with van der Waals surface area (Å²) in [6, 6.07) is 15.2. The molecule has 4 nitrogen and oxygen atoms in total. The highest BCUT2D eigenvalue weighted by Gasteiger charge is 1.98. The molecule has 0 fully saturated rings. The third-order valence-corrected chi connectivity index (χ3v) is 2.98. The van der Waals surface area contributed by atoms with Crippen LogP contribution in [0.1, 0.15) is 17.4 Å². The first-order valence-corrected chi connectivity index (χ1v) is 6.32. The standard InChI is InChI=1S/C16H13N3O/c1-11(20)14-7-4-8-16(19-14)18-13-9-12-5-2-3-6-15(12)17-10-13/h2-10H,1H3,(H,18,19). The van der Waals surface area contributed by atoms with E-state index in [1.54, 1.807) is 18.3 Å². The Bertz CT molecular complexity index is 849. The van der Waals surface area contributed by atoms with E-state index in [9.17, 15) is 4.79 Å². The molecular weight excluding hydrogens is 250 g/mol. The number of carbonyl (C=O) groups excluding carboxylic acids is 1. The molecule has 0 aliphatic heterocycles. The molecule has 4 heteroatoms. The van der Waals surface area contributed by atoms with Crippen molar-refractivity contribution in [2.45, 2.75) is 6.92 Å². The van der Waals surface area contributed by atoms with Crippen molar-refractivity contribution in [2.75, 3.05) is 0 Å². The number of nitrogens with zero attached hydrogens (tertiary/aromatic N) is 2. The van der Waals surface area contributed by atoms with Crippen molar-refractivity contribution in [1.29, 1.82) is 0 Å². The van der Waals surface area contributed by atoms with Crippen LogP contribution in [0.15, 0.2) is 59.7 Å². The summed E-state index contributed by atoms with van der Waals surface area (Å²) in [5, 5.41) is 1.04. The van der Waals surface area contributed by atoms with E-state index in [-0.39, 0.29) is 5.78 Å². The third-order valence-electron chi connectivity index (χ3n) is 2.98. The molecule has 0 aliphatic rings. The third kappa shape index (κ3) is 2.49. The van der Waals surface area contributed by atoms with E-state index < -0.39 is 0 Å². The number of aromatic amines is 1. The summed E-state index contributed by atoms with van der Waals surface area (Å²) in [6.07, 6.45) is 1.72. The minimum Gasteiger partial charge on any atom is -0.337 e. The topological polar surface area (TPSA) is 58.1 Å². The van der Waals surface area contributed by atoms with Gasteiger partial charge in [-0.25, -0.2) is 4.99 Å². The Morgan fingerprint density at radius 3 is 2.85 bits per heavy atom. The first-order valence-electron chi connectivity index (χ1n) is 6.32. The molecule has 0 bridgehead atoms. The highest BCUT2D eigenvalue weighted by atomic mass is 16.1. The van der Waals surface area contributed by atoms with E-state index in [2.05, 4.69) is 15.0 Å². The molecule has 1 N–H and O–H groups in total. The number of hydrogen-bond acceptors (Lipinski definition) is 3. The Hall–Kier alpha value is -2.75. The summed E-state index contributed by atoms with van der Waals surface area (Å²) >= 11 is 0. The Morgan fingerprint density at radius 1 is 1.15 bits per heavy atom. The second-order valence-electron chi connectivity index (χ2n) is 4.50. The van der Waals surface area contributed by atoms with Gasteiger partial charge in [0, 0.05) is 12.3 Å². The number of Topliss-reactive ketones (excluding diaryl/α,β-unsaturated/α-hetero) is 1. The number of aromatic nitrogens is 2. The summed E-state index contributed by atoms with van der Waals surface area (Å²) < 4.78 is 0. The Morgan fingerprint density at radius 2 is 2.00 bits per heavy atom. The largest absolute Gasteiger partial charge is 0.337 e. The lowest BCUT2D eigenvalue weighted by molar-refractivity contribution is 0.101. The number of fused-ring (bicyclic) bond motifs is 1. The second-order valence-corrected chi connectivity index (χ2v) is 4.50. The quantitative estimate of drug-likeness (QED) is 0.722. The Labute approximate surface area is 115 Å². The van der Waals surface area contributed by atoms with E-state index in [4.69, 9.17) is 0 Å². The Balaban J connectivity index is 2.09. The minimum atomic E-state index is -0.0151. The molecule has 0 saturated heterocycles. The van der Waals surface area contributed by atoms with E-state index in [0.29, 0.717) is 11.2 Å². The summed E-state index contributed by atoms with van der Waals surface area (Å²) in [7, 11) is 0. The fourth-order valence-electron chi connectivity index (χ4n) is 1.99. The summed E-state index contributed by atoms with van der Waals surface area (Å²) in [4.78, 5) is 23.2. The molecule has 2 heterocycles. The lowest BCUT2D eigenvalue weighted by Gasteiger charge is -1.99. The average molecular weight is 263 g/mol. The molecule has 0 amide bonds. The summed E-state index contributed by atoms with van der Waals surface area (Å²) in [5.74, 6) is -0.0151. The monoisotopic (exact) mass is 263 g/mol. The minimum absolute atomic E-state index is 0.0151. The number of benzene rings is 1. The number of hydrogen-bond donors (Lipinski definition) is 1. The number of nitrogens with one attached hydrogen (secondary N) is 1. The van der Waals surface area contributed by atoms with Gasteiger partial charge in [-0.05, 0) is 24.3 Å². The van der Waals surface area contributed by atoms with Crippen LogP contribution in [-0.2, 0) is 0 Å².